The summed E-state index contributed by atoms with van der Waals surface area (Å²) in [5, 5.41) is 6.93. The standard InChI is InChI=1S/C45H26N4OS/c1-3-12-27(13-4-1)43-46-44(28-14-5-2-6-15-28)48-45(47-43)34-19-11-18-33-40-39(51-42(33)34)25-23-32-35-26-29(22-24-38(35)50-41(32)40)49-36-20-9-7-16-30(36)31-17-8-10-21-37(31)49/h1-26H. The highest BCUT2D eigenvalue weighted by Crippen LogP contribution is 2.45. The summed E-state index contributed by atoms with van der Waals surface area (Å²) in [5.41, 5.74) is 8.13. The van der Waals surface area contributed by atoms with Crippen molar-refractivity contribution in [2.24, 2.45) is 0 Å². The van der Waals surface area contributed by atoms with Crippen molar-refractivity contribution >= 4 is 75.3 Å². The lowest BCUT2D eigenvalue weighted by Gasteiger charge is -2.09. The van der Waals surface area contributed by atoms with Gasteiger partial charge in [0.25, 0.3) is 0 Å². The lowest BCUT2D eigenvalue weighted by Crippen LogP contribution is -2.00. The van der Waals surface area contributed by atoms with Crippen LogP contribution in [0.2, 0.25) is 0 Å². The zero-order chi connectivity index (χ0) is 33.5. The molecule has 0 saturated heterocycles. The smallest absolute Gasteiger partial charge is 0.165 e. The van der Waals surface area contributed by atoms with Crippen LogP contribution in [0.1, 0.15) is 0 Å². The van der Waals surface area contributed by atoms with E-state index in [0.29, 0.717) is 17.5 Å². The number of rotatable bonds is 4. The van der Waals surface area contributed by atoms with E-state index in [1.165, 1.54) is 21.8 Å². The SMILES string of the molecule is c1ccc(-c2nc(-c3ccccc3)nc(-c3cccc4c3sc3ccc5c6cc(-n7c8ccccc8c8ccccc87)ccc6oc5c34)n2)cc1. The van der Waals surface area contributed by atoms with Crippen molar-refractivity contribution in [3.63, 3.8) is 0 Å². The molecule has 11 rings (SSSR count). The summed E-state index contributed by atoms with van der Waals surface area (Å²) < 4.78 is 11.4. The zero-order valence-electron chi connectivity index (χ0n) is 27.1. The first-order chi connectivity index (χ1) is 25.3. The minimum absolute atomic E-state index is 0.649. The van der Waals surface area contributed by atoms with Crippen molar-refractivity contribution in [1.82, 2.24) is 19.5 Å². The molecule has 0 atom stereocenters. The molecule has 238 valence electrons. The molecule has 6 heteroatoms. The molecule has 0 amide bonds. The van der Waals surface area contributed by atoms with Crippen LogP contribution in [-0.4, -0.2) is 19.5 Å². The van der Waals surface area contributed by atoms with E-state index in [9.17, 15) is 0 Å². The Morgan fingerprint density at radius 1 is 0.471 bits per heavy atom. The molecule has 4 aromatic heterocycles. The highest BCUT2D eigenvalue weighted by molar-refractivity contribution is 7.26. The summed E-state index contributed by atoms with van der Waals surface area (Å²) in [4.78, 5) is 15.0. The van der Waals surface area contributed by atoms with E-state index in [-0.39, 0.29) is 0 Å². The molecule has 0 bridgehead atoms. The molecule has 0 aliphatic carbocycles. The molecule has 5 nitrogen and oxygen atoms in total. The number of hydrogen-bond donors (Lipinski definition) is 0. The van der Waals surface area contributed by atoms with Crippen LogP contribution >= 0.6 is 11.3 Å². The predicted octanol–water partition coefficient (Wildman–Crippen LogP) is 12.2. The van der Waals surface area contributed by atoms with E-state index in [1.54, 1.807) is 11.3 Å². The quantitative estimate of drug-likeness (QED) is 0.187. The maximum atomic E-state index is 6.74. The highest BCUT2D eigenvalue weighted by atomic mass is 32.1. The molecule has 0 unspecified atom stereocenters. The average molecular weight is 671 g/mol. The van der Waals surface area contributed by atoms with Crippen LogP contribution in [0, 0.1) is 0 Å². The predicted molar refractivity (Wildman–Crippen MR) is 211 cm³/mol. The van der Waals surface area contributed by atoms with Crippen LogP contribution < -0.4 is 0 Å². The van der Waals surface area contributed by atoms with Gasteiger partial charge < -0.3 is 8.98 Å². The first kappa shape index (κ1) is 28.2. The molecule has 7 aromatic carbocycles. The van der Waals surface area contributed by atoms with E-state index < -0.39 is 0 Å². The Hall–Kier alpha value is -6.63. The van der Waals surface area contributed by atoms with Gasteiger partial charge in [-0.3, -0.25) is 0 Å². The lowest BCUT2D eigenvalue weighted by molar-refractivity contribution is 0.673. The van der Waals surface area contributed by atoms with Crippen molar-refractivity contribution in [3.8, 4) is 39.9 Å². The van der Waals surface area contributed by atoms with Gasteiger partial charge in [-0.05, 0) is 48.5 Å². The van der Waals surface area contributed by atoms with Crippen molar-refractivity contribution in [3.05, 3.63) is 158 Å². The Kier molecular flexibility index (Phi) is 6.05. The fraction of sp³-hybridized carbons (Fsp3) is 0. The van der Waals surface area contributed by atoms with Crippen molar-refractivity contribution in [2.75, 3.05) is 0 Å². The molecule has 51 heavy (non-hydrogen) atoms. The topological polar surface area (TPSA) is 56.7 Å². The van der Waals surface area contributed by atoms with Crippen molar-refractivity contribution in [2.45, 2.75) is 0 Å². The number of nitrogens with zero attached hydrogens (tertiary/aromatic N) is 4. The van der Waals surface area contributed by atoms with Crippen LogP contribution in [-0.2, 0) is 0 Å². The van der Waals surface area contributed by atoms with Crippen LogP contribution in [0.25, 0.3) is 104 Å². The van der Waals surface area contributed by atoms with Crippen molar-refractivity contribution < 1.29 is 4.42 Å². The molecule has 0 radical (unpaired) electrons. The van der Waals surface area contributed by atoms with Crippen LogP contribution in [0.15, 0.2) is 162 Å². The lowest BCUT2D eigenvalue weighted by atomic mass is 10.1. The summed E-state index contributed by atoms with van der Waals surface area (Å²) in [6.07, 6.45) is 0. The summed E-state index contributed by atoms with van der Waals surface area (Å²) >= 11 is 1.75. The van der Waals surface area contributed by atoms with Gasteiger partial charge in [-0.15, -0.1) is 11.3 Å². The second-order valence-electron chi connectivity index (χ2n) is 12.8. The van der Waals surface area contributed by atoms with Gasteiger partial charge in [-0.1, -0.05) is 109 Å². The Bertz CT molecular complexity index is 3030. The molecule has 0 spiro atoms. The minimum Gasteiger partial charge on any atom is -0.455 e. The number of fused-ring (bicyclic) bond motifs is 10. The second kappa shape index (κ2) is 10.9. The van der Waals surface area contributed by atoms with Gasteiger partial charge in [0.05, 0.1) is 11.0 Å². The normalized spacial score (nSPS) is 11.9. The Labute approximate surface area is 295 Å². The highest BCUT2D eigenvalue weighted by Gasteiger charge is 2.20. The monoisotopic (exact) mass is 670 g/mol. The average Bonchev–Trinajstić information content (AvgIpc) is 3.87. The molecule has 0 saturated carbocycles. The third-order valence-corrected chi connectivity index (χ3v) is 11.1. The van der Waals surface area contributed by atoms with Crippen molar-refractivity contribution in [1.29, 1.82) is 0 Å². The fourth-order valence-corrected chi connectivity index (χ4v) is 8.76. The van der Waals surface area contributed by atoms with Crippen LogP contribution in [0.5, 0.6) is 0 Å². The molecule has 4 heterocycles. The number of para-hydroxylation sites is 2. The minimum atomic E-state index is 0.649. The number of benzene rings is 7. The molecular weight excluding hydrogens is 645 g/mol. The molecule has 0 N–H and O–H groups in total. The molecule has 0 aliphatic heterocycles. The van der Waals surface area contributed by atoms with E-state index in [1.807, 2.05) is 60.7 Å². The van der Waals surface area contributed by atoms with Gasteiger partial charge in [-0.2, -0.15) is 0 Å². The molecule has 11 aromatic rings. The van der Waals surface area contributed by atoms with Gasteiger partial charge in [-0.25, -0.2) is 15.0 Å². The Morgan fingerprint density at radius 3 is 1.76 bits per heavy atom. The molecular formula is C45H26N4OS. The zero-order valence-corrected chi connectivity index (χ0v) is 27.9. The van der Waals surface area contributed by atoms with Gasteiger partial charge in [0.2, 0.25) is 0 Å². The summed E-state index contributed by atoms with van der Waals surface area (Å²) in [6, 6.07) is 54.8. The Balaban J connectivity index is 1.12. The summed E-state index contributed by atoms with van der Waals surface area (Å²) in [6.45, 7) is 0. The Morgan fingerprint density at radius 2 is 1.08 bits per heavy atom. The number of aromatic nitrogens is 4. The van der Waals surface area contributed by atoms with E-state index >= 15 is 0 Å². The largest absolute Gasteiger partial charge is 0.455 e. The first-order valence-corrected chi connectivity index (χ1v) is 17.8. The summed E-state index contributed by atoms with van der Waals surface area (Å²) in [5.74, 6) is 1.95. The third-order valence-electron chi connectivity index (χ3n) is 9.86. The van der Waals surface area contributed by atoms with E-state index in [2.05, 4.69) is 102 Å². The van der Waals surface area contributed by atoms with Gasteiger partial charge in [0.15, 0.2) is 17.5 Å². The molecule has 0 fully saturated rings. The maximum Gasteiger partial charge on any atom is 0.165 e. The number of hydrogen-bond acceptors (Lipinski definition) is 5. The second-order valence-corrected chi connectivity index (χ2v) is 13.8. The first-order valence-electron chi connectivity index (χ1n) is 16.9. The number of thiophene rings is 1. The van der Waals surface area contributed by atoms with Gasteiger partial charge >= 0.3 is 0 Å². The molecule has 0 aliphatic rings. The van der Waals surface area contributed by atoms with E-state index in [0.717, 1.165) is 64.5 Å². The summed E-state index contributed by atoms with van der Waals surface area (Å²) in [7, 11) is 0. The fourth-order valence-electron chi connectivity index (χ4n) is 7.55. The maximum absolute atomic E-state index is 6.74. The van der Waals surface area contributed by atoms with E-state index in [4.69, 9.17) is 19.4 Å². The van der Waals surface area contributed by atoms with Crippen LogP contribution in [0.3, 0.4) is 0 Å². The van der Waals surface area contributed by atoms with Gasteiger partial charge in [0, 0.05) is 64.1 Å². The van der Waals surface area contributed by atoms with Crippen LogP contribution in [0.4, 0.5) is 0 Å². The number of furan rings is 1. The van der Waals surface area contributed by atoms with Gasteiger partial charge in [0.1, 0.15) is 11.2 Å². The third kappa shape index (κ3) is 4.30.